The lowest BCUT2D eigenvalue weighted by Crippen LogP contribution is -1.86. The maximum atomic E-state index is 10.4. The van der Waals surface area contributed by atoms with Crippen LogP contribution in [-0.2, 0) is 9.59 Å². The Balaban J connectivity index is 2.10. The molecule has 0 amide bonds. The molecule has 0 heterocycles. The van der Waals surface area contributed by atoms with Gasteiger partial charge < -0.3 is 4.74 Å². The fourth-order valence-electron chi connectivity index (χ4n) is 1.81. The minimum absolute atomic E-state index is 0.368. The zero-order valence-electron chi connectivity index (χ0n) is 11.9. The molecule has 0 saturated heterocycles. The van der Waals surface area contributed by atoms with Crippen molar-refractivity contribution in [3.63, 3.8) is 0 Å². The van der Waals surface area contributed by atoms with E-state index in [4.69, 9.17) is 27.9 Å². The number of aldehydes is 2. The van der Waals surface area contributed by atoms with Crippen molar-refractivity contribution in [1.82, 2.24) is 0 Å². The molecule has 0 spiro atoms. The molecule has 2 aromatic carbocycles. The molecular weight excluding hydrogens is 335 g/mol. The van der Waals surface area contributed by atoms with Crippen LogP contribution in [0.2, 0.25) is 0 Å². The lowest BCUT2D eigenvalue weighted by atomic mass is 10.2. The highest BCUT2D eigenvalue weighted by molar-refractivity contribution is 6.50. The minimum Gasteiger partial charge on any atom is -0.457 e. The third-order valence-corrected chi connectivity index (χ3v) is 3.61. The first-order chi connectivity index (χ1) is 11.1. The number of hydrogen-bond donors (Lipinski definition) is 0. The molecule has 3 nitrogen and oxygen atoms in total. The molecule has 0 bridgehead atoms. The minimum atomic E-state index is 0.368. The van der Waals surface area contributed by atoms with Gasteiger partial charge in [0.1, 0.15) is 24.1 Å². The Labute approximate surface area is 143 Å². The molecule has 0 aliphatic carbocycles. The molecule has 0 radical (unpaired) electrons. The maximum absolute atomic E-state index is 10.4. The van der Waals surface area contributed by atoms with Crippen LogP contribution < -0.4 is 4.74 Å². The van der Waals surface area contributed by atoms with Crippen LogP contribution in [0.1, 0.15) is 11.1 Å². The van der Waals surface area contributed by atoms with E-state index in [1.54, 1.807) is 48.5 Å². The fraction of sp³-hybridized carbons (Fsp3) is 0. The number of halogens is 2. The van der Waals surface area contributed by atoms with Crippen molar-refractivity contribution in [2.75, 3.05) is 0 Å². The fourth-order valence-corrected chi connectivity index (χ4v) is 2.17. The summed E-state index contributed by atoms with van der Waals surface area (Å²) < 4.78 is 5.70. The highest BCUT2D eigenvalue weighted by Crippen LogP contribution is 2.27. The summed E-state index contributed by atoms with van der Waals surface area (Å²) in [7, 11) is 0. The average molecular weight is 347 g/mol. The average Bonchev–Trinajstić information content (AvgIpc) is 2.56. The Morgan fingerprint density at radius 1 is 0.696 bits per heavy atom. The molecule has 0 aliphatic rings. The summed E-state index contributed by atoms with van der Waals surface area (Å²) in [5, 5.41) is 0.736. The Morgan fingerprint density at radius 2 is 1.04 bits per heavy atom. The van der Waals surface area contributed by atoms with Gasteiger partial charge in [-0.25, -0.2) is 0 Å². The van der Waals surface area contributed by atoms with Crippen LogP contribution in [0, 0.1) is 0 Å². The first-order valence-corrected chi connectivity index (χ1v) is 7.40. The lowest BCUT2D eigenvalue weighted by molar-refractivity contribution is -0.104. The number of hydrogen-bond acceptors (Lipinski definition) is 3. The SMILES string of the molecule is O=C/C=C(\Cl)c1ccc(Oc2ccc(/C(Cl)=C/C=O)cc2)cc1. The van der Waals surface area contributed by atoms with Crippen molar-refractivity contribution in [3.8, 4) is 11.5 Å². The van der Waals surface area contributed by atoms with E-state index in [9.17, 15) is 9.59 Å². The van der Waals surface area contributed by atoms with Crippen LogP contribution in [0.25, 0.3) is 10.1 Å². The molecule has 5 heteroatoms. The van der Waals surface area contributed by atoms with Gasteiger partial charge in [-0.2, -0.15) is 0 Å². The Bertz CT molecular complexity index is 679. The summed E-state index contributed by atoms with van der Waals surface area (Å²) in [6.07, 6.45) is 3.84. The Morgan fingerprint density at radius 3 is 1.35 bits per heavy atom. The second-order valence-corrected chi connectivity index (χ2v) is 5.27. The third kappa shape index (κ3) is 4.81. The quantitative estimate of drug-likeness (QED) is 0.543. The van der Waals surface area contributed by atoms with Crippen molar-refractivity contribution in [2.45, 2.75) is 0 Å². The molecular formula is C18H12Cl2O3. The first-order valence-electron chi connectivity index (χ1n) is 6.64. The van der Waals surface area contributed by atoms with E-state index in [0.717, 1.165) is 11.1 Å². The summed E-state index contributed by atoms with van der Waals surface area (Å²) in [6, 6.07) is 14.1. The van der Waals surface area contributed by atoms with Crippen molar-refractivity contribution in [3.05, 3.63) is 71.8 Å². The zero-order chi connectivity index (χ0) is 16.7. The molecule has 0 atom stereocenters. The standard InChI is InChI=1S/C18H12Cl2O3/c19-17(9-11-21)13-1-5-15(6-2-13)23-16-7-3-14(4-8-16)18(20)10-12-22/h1-12H/b17-9-,18-10-. The van der Waals surface area contributed by atoms with Gasteiger partial charge in [0.2, 0.25) is 0 Å². The Hall–Kier alpha value is -2.36. The second kappa shape index (κ2) is 8.32. The van der Waals surface area contributed by atoms with Gasteiger partial charge in [0.25, 0.3) is 0 Å². The molecule has 0 fully saturated rings. The number of rotatable bonds is 6. The third-order valence-electron chi connectivity index (χ3n) is 2.92. The predicted molar refractivity (Wildman–Crippen MR) is 92.7 cm³/mol. The molecule has 0 aromatic heterocycles. The number of allylic oxidation sites excluding steroid dienone is 2. The van der Waals surface area contributed by atoms with Gasteiger partial charge in [-0.05, 0) is 71.8 Å². The van der Waals surface area contributed by atoms with Crippen molar-refractivity contribution < 1.29 is 14.3 Å². The summed E-state index contributed by atoms with van der Waals surface area (Å²) in [4.78, 5) is 20.8. The van der Waals surface area contributed by atoms with E-state index in [1.807, 2.05) is 0 Å². The molecule has 2 aromatic rings. The van der Waals surface area contributed by atoms with Crippen molar-refractivity contribution in [1.29, 1.82) is 0 Å². The van der Waals surface area contributed by atoms with Crippen molar-refractivity contribution >= 4 is 45.8 Å². The summed E-state index contributed by atoms with van der Waals surface area (Å²) in [5.74, 6) is 1.26. The molecule has 23 heavy (non-hydrogen) atoms. The van der Waals surface area contributed by atoms with Crippen LogP contribution in [-0.4, -0.2) is 12.6 Å². The molecule has 0 unspecified atom stereocenters. The van der Waals surface area contributed by atoms with E-state index in [1.165, 1.54) is 12.2 Å². The van der Waals surface area contributed by atoms with Gasteiger partial charge in [-0.15, -0.1) is 0 Å². The van der Waals surface area contributed by atoms with Gasteiger partial charge in [0, 0.05) is 0 Å². The predicted octanol–water partition coefficient (Wildman–Crippen LogP) is 5.04. The van der Waals surface area contributed by atoms with E-state index >= 15 is 0 Å². The summed E-state index contributed by atoms with van der Waals surface area (Å²) >= 11 is 11.9. The normalized spacial score (nSPS) is 11.9. The van der Waals surface area contributed by atoms with Crippen LogP contribution in [0.5, 0.6) is 11.5 Å². The molecule has 116 valence electrons. The lowest BCUT2D eigenvalue weighted by Gasteiger charge is -2.07. The molecule has 0 N–H and O–H groups in total. The highest BCUT2D eigenvalue weighted by atomic mass is 35.5. The largest absolute Gasteiger partial charge is 0.457 e. The van der Waals surface area contributed by atoms with Crippen LogP contribution in [0.3, 0.4) is 0 Å². The van der Waals surface area contributed by atoms with Gasteiger partial charge >= 0.3 is 0 Å². The number of ether oxygens (including phenoxy) is 1. The van der Waals surface area contributed by atoms with E-state index in [2.05, 4.69) is 0 Å². The Kier molecular flexibility index (Phi) is 6.15. The monoisotopic (exact) mass is 346 g/mol. The summed E-state index contributed by atoms with van der Waals surface area (Å²) in [5.41, 5.74) is 1.46. The van der Waals surface area contributed by atoms with E-state index in [0.29, 0.717) is 34.1 Å². The second-order valence-electron chi connectivity index (χ2n) is 4.45. The van der Waals surface area contributed by atoms with Gasteiger partial charge in [-0.3, -0.25) is 9.59 Å². The van der Waals surface area contributed by atoms with E-state index < -0.39 is 0 Å². The number of carbonyl (C=O) groups excluding carboxylic acids is 2. The smallest absolute Gasteiger partial charge is 0.144 e. The van der Waals surface area contributed by atoms with E-state index in [-0.39, 0.29) is 0 Å². The first kappa shape index (κ1) is 17.0. The van der Waals surface area contributed by atoms with Crippen LogP contribution in [0.15, 0.2) is 60.7 Å². The van der Waals surface area contributed by atoms with Gasteiger partial charge in [0.15, 0.2) is 0 Å². The van der Waals surface area contributed by atoms with Crippen LogP contribution in [0.4, 0.5) is 0 Å². The van der Waals surface area contributed by atoms with Gasteiger partial charge in [0.05, 0.1) is 10.1 Å². The summed E-state index contributed by atoms with van der Waals surface area (Å²) in [6.45, 7) is 0. The maximum Gasteiger partial charge on any atom is 0.144 e. The van der Waals surface area contributed by atoms with Crippen molar-refractivity contribution in [2.24, 2.45) is 0 Å². The topological polar surface area (TPSA) is 43.4 Å². The highest BCUT2D eigenvalue weighted by Gasteiger charge is 2.02. The van der Waals surface area contributed by atoms with Crippen LogP contribution >= 0.6 is 23.2 Å². The number of carbonyl (C=O) groups is 2. The molecule has 2 rings (SSSR count). The number of benzene rings is 2. The molecule has 0 aliphatic heterocycles. The molecule has 0 saturated carbocycles. The zero-order valence-corrected chi connectivity index (χ0v) is 13.4. The van der Waals surface area contributed by atoms with Gasteiger partial charge in [-0.1, -0.05) is 23.2 Å².